The third kappa shape index (κ3) is 3.29. The SMILES string of the molecule is O=C(CCl)c1ccccc1Cc1ccc(-c2cccs2)cc1. The third-order valence-electron chi connectivity index (χ3n) is 3.59. The summed E-state index contributed by atoms with van der Waals surface area (Å²) in [7, 11) is 0. The van der Waals surface area contributed by atoms with E-state index in [0.29, 0.717) is 0 Å². The third-order valence-corrected chi connectivity index (χ3v) is 4.76. The second-order valence-corrected chi connectivity index (χ2v) is 6.28. The number of carbonyl (C=O) groups excluding carboxylic acids is 1. The molecular weight excluding hydrogens is 312 g/mol. The molecule has 110 valence electrons. The second kappa shape index (κ2) is 6.91. The number of halogens is 1. The quantitative estimate of drug-likeness (QED) is 0.451. The fourth-order valence-corrected chi connectivity index (χ4v) is 3.35. The smallest absolute Gasteiger partial charge is 0.177 e. The summed E-state index contributed by atoms with van der Waals surface area (Å²) in [4.78, 5) is 13.2. The molecule has 22 heavy (non-hydrogen) atoms. The summed E-state index contributed by atoms with van der Waals surface area (Å²) in [5.41, 5.74) is 4.16. The van der Waals surface area contributed by atoms with Crippen LogP contribution in [0.4, 0.5) is 0 Å². The Morgan fingerprint density at radius 3 is 2.41 bits per heavy atom. The minimum absolute atomic E-state index is 0.0209. The van der Waals surface area contributed by atoms with Crippen LogP contribution in [-0.2, 0) is 6.42 Å². The van der Waals surface area contributed by atoms with Gasteiger partial charge in [-0.1, -0.05) is 54.6 Å². The van der Waals surface area contributed by atoms with Crippen LogP contribution in [0.2, 0.25) is 0 Å². The van der Waals surface area contributed by atoms with E-state index in [1.807, 2.05) is 24.3 Å². The number of benzene rings is 2. The number of rotatable bonds is 5. The maximum Gasteiger partial charge on any atom is 0.177 e. The first-order chi connectivity index (χ1) is 10.8. The summed E-state index contributed by atoms with van der Waals surface area (Å²) in [5, 5.41) is 2.08. The van der Waals surface area contributed by atoms with Crippen molar-refractivity contribution in [2.75, 3.05) is 5.88 Å². The molecule has 0 unspecified atom stereocenters. The topological polar surface area (TPSA) is 17.1 Å². The highest BCUT2D eigenvalue weighted by Gasteiger charge is 2.10. The second-order valence-electron chi connectivity index (χ2n) is 5.06. The van der Waals surface area contributed by atoms with Gasteiger partial charge in [-0.05, 0) is 34.6 Å². The van der Waals surface area contributed by atoms with Gasteiger partial charge < -0.3 is 0 Å². The molecule has 0 bridgehead atoms. The van der Waals surface area contributed by atoms with Crippen molar-refractivity contribution < 1.29 is 4.79 Å². The van der Waals surface area contributed by atoms with Crippen molar-refractivity contribution in [1.82, 2.24) is 0 Å². The van der Waals surface area contributed by atoms with Crippen LogP contribution in [0.5, 0.6) is 0 Å². The molecule has 0 N–H and O–H groups in total. The Hall–Kier alpha value is -1.90. The lowest BCUT2D eigenvalue weighted by Gasteiger charge is -2.08. The van der Waals surface area contributed by atoms with Crippen LogP contribution in [-0.4, -0.2) is 11.7 Å². The standard InChI is InChI=1S/C19H15ClOS/c20-13-18(21)17-5-2-1-4-16(17)12-14-7-9-15(10-8-14)19-6-3-11-22-19/h1-11H,12-13H2. The molecule has 0 fully saturated rings. The summed E-state index contributed by atoms with van der Waals surface area (Å²) in [5.74, 6) is 0.00129. The first-order valence-electron chi connectivity index (χ1n) is 7.08. The zero-order chi connectivity index (χ0) is 15.4. The first kappa shape index (κ1) is 15.0. The lowest BCUT2D eigenvalue weighted by molar-refractivity contribution is 0.102. The van der Waals surface area contributed by atoms with Crippen molar-refractivity contribution in [2.45, 2.75) is 6.42 Å². The Bertz CT molecular complexity index is 760. The van der Waals surface area contributed by atoms with Gasteiger partial charge in [0.15, 0.2) is 5.78 Å². The molecule has 3 rings (SSSR count). The van der Waals surface area contributed by atoms with Crippen LogP contribution >= 0.6 is 22.9 Å². The van der Waals surface area contributed by atoms with E-state index in [1.54, 1.807) is 11.3 Å². The number of Topliss-reactive ketones (excluding diaryl/α,β-unsaturated/α-hetero) is 1. The summed E-state index contributed by atoms with van der Waals surface area (Å²) in [6, 6.07) is 20.4. The van der Waals surface area contributed by atoms with E-state index in [4.69, 9.17) is 11.6 Å². The molecule has 0 radical (unpaired) electrons. The molecule has 1 nitrogen and oxygen atoms in total. The van der Waals surface area contributed by atoms with E-state index < -0.39 is 0 Å². The minimum Gasteiger partial charge on any atom is -0.293 e. The van der Waals surface area contributed by atoms with E-state index in [2.05, 4.69) is 41.8 Å². The molecule has 0 spiro atoms. The van der Waals surface area contributed by atoms with Crippen molar-refractivity contribution in [1.29, 1.82) is 0 Å². The minimum atomic E-state index is -0.0209. The lowest BCUT2D eigenvalue weighted by Crippen LogP contribution is -2.05. The highest BCUT2D eigenvalue weighted by atomic mass is 35.5. The van der Waals surface area contributed by atoms with Gasteiger partial charge in [-0.25, -0.2) is 0 Å². The van der Waals surface area contributed by atoms with Gasteiger partial charge in [-0.15, -0.1) is 22.9 Å². The van der Waals surface area contributed by atoms with E-state index in [0.717, 1.165) is 17.5 Å². The molecule has 0 aliphatic carbocycles. The highest BCUT2D eigenvalue weighted by Crippen LogP contribution is 2.25. The van der Waals surface area contributed by atoms with Crippen LogP contribution in [0, 0.1) is 0 Å². The molecule has 1 heterocycles. The molecule has 0 saturated heterocycles. The van der Waals surface area contributed by atoms with Gasteiger partial charge in [0.2, 0.25) is 0 Å². The van der Waals surface area contributed by atoms with Gasteiger partial charge in [0.25, 0.3) is 0 Å². The molecule has 0 amide bonds. The summed E-state index contributed by atoms with van der Waals surface area (Å²) in [6.07, 6.45) is 0.740. The maximum atomic E-state index is 11.9. The van der Waals surface area contributed by atoms with Crippen molar-refractivity contribution in [2.24, 2.45) is 0 Å². The molecule has 0 aliphatic heterocycles. The molecule has 0 aliphatic rings. The molecule has 2 aromatic carbocycles. The monoisotopic (exact) mass is 326 g/mol. The van der Waals surface area contributed by atoms with Gasteiger partial charge in [0, 0.05) is 10.4 Å². The summed E-state index contributed by atoms with van der Waals surface area (Å²) >= 11 is 7.43. The Labute approximate surface area is 139 Å². The Balaban J connectivity index is 1.83. The van der Waals surface area contributed by atoms with Gasteiger partial charge in [0.1, 0.15) is 0 Å². The fraction of sp³-hybridized carbons (Fsp3) is 0.105. The largest absolute Gasteiger partial charge is 0.293 e. The normalized spacial score (nSPS) is 10.6. The fourth-order valence-electron chi connectivity index (χ4n) is 2.47. The number of hydrogen-bond donors (Lipinski definition) is 0. The van der Waals surface area contributed by atoms with Gasteiger partial charge in [-0.2, -0.15) is 0 Å². The zero-order valence-electron chi connectivity index (χ0n) is 12.0. The molecule has 0 saturated carbocycles. The van der Waals surface area contributed by atoms with Gasteiger partial charge in [-0.3, -0.25) is 4.79 Å². The Morgan fingerprint density at radius 2 is 1.73 bits per heavy atom. The van der Waals surface area contributed by atoms with Crippen molar-refractivity contribution in [3.63, 3.8) is 0 Å². The van der Waals surface area contributed by atoms with Crippen LogP contribution < -0.4 is 0 Å². The predicted molar refractivity (Wildman–Crippen MR) is 94.1 cm³/mol. The van der Waals surface area contributed by atoms with E-state index >= 15 is 0 Å². The van der Waals surface area contributed by atoms with E-state index in [1.165, 1.54) is 16.0 Å². The van der Waals surface area contributed by atoms with Gasteiger partial charge in [0.05, 0.1) is 5.88 Å². The number of thiophene rings is 1. The van der Waals surface area contributed by atoms with Crippen LogP contribution in [0.1, 0.15) is 21.5 Å². The van der Waals surface area contributed by atoms with Crippen LogP contribution in [0.15, 0.2) is 66.0 Å². The van der Waals surface area contributed by atoms with Crippen molar-refractivity contribution >= 4 is 28.7 Å². The molecule has 3 aromatic rings. The number of alkyl halides is 1. The van der Waals surface area contributed by atoms with E-state index in [9.17, 15) is 4.79 Å². The molecule has 1 aromatic heterocycles. The van der Waals surface area contributed by atoms with Gasteiger partial charge >= 0.3 is 0 Å². The van der Waals surface area contributed by atoms with Crippen LogP contribution in [0.25, 0.3) is 10.4 Å². The first-order valence-corrected chi connectivity index (χ1v) is 8.49. The predicted octanol–water partition coefficient (Wildman–Crippen LogP) is 5.43. The van der Waals surface area contributed by atoms with E-state index in [-0.39, 0.29) is 11.7 Å². The Kier molecular flexibility index (Phi) is 4.71. The zero-order valence-corrected chi connectivity index (χ0v) is 13.5. The van der Waals surface area contributed by atoms with Crippen molar-refractivity contribution in [3.05, 3.63) is 82.7 Å². The maximum absolute atomic E-state index is 11.9. The highest BCUT2D eigenvalue weighted by molar-refractivity contribution is 7.13. The summed E-state index contributed by atoms with van der Waals surface area (Å²) in [6.45, 7) is 0. The molecular formula is C19H15ClOS. The average molecular weight is 327 g/mol. The summed E-state index contributed by atoms with van der Waals surface area (Å²) < 4.78 is 0. The van der Waals surface area contributed by atoms with Crippen molar-refractivity contribution in [3.8, 4) is 10.4 Å². The molecule has 3 heteroatoms. The van der Waals surface area contributed by atoms with Crippen LogP contribution in [0.3, 0.4) is 0 Å². The number of ketones is 1. The lowest BCUT2D eigenvalue weighted by atomic mass is 9.97. The average Bonchev–Trinajstić information content (AvgIpc) is 3.10. The Morgan fingerprint density at radius 1 is 0.955 bits per heavy atom. The molecule has 0 atom stereocenters. The number of carbonyl (C=O) groups is 1. The number of hydrogen-bond acceptors (Lipinski definition) is 2.